The molecule has 1 unspecified atom stereocenters. The molecule has 0 bridgehead atoms. The average Bonchev–Trinajstić information content (AvgIpc) is 2.73. The molecule has 0 aliphatic carbocycles. The molecule has 0 radical (unpaired) electrons. The fourth-order valence-electron chi connectivity index (χ4n) is 4.05. The molecule has 3 rings (SSSR count). The minimum Gasteiger partial charge on any atom is -0.478 e. The second kappa shape index (κ2) is 10.7. The summed E-state index contributed by atoms with van der Waals surface area (Å²) >= 11 is 18.6. The van der Waals surface area contributed by atoms with Crippen LogP contribution in [0.1, 0.15) is 37.8 Å². The van der Waals surface area contributed by atoms with Crippen molar-refractivity contribution < 1.29 is 29.3 Å². The number of ether oxygens (including phenoxy) is 1. The van der Waals surface area contributed by atoms with Gasteiger partial charge in [-0.15, -0.1) is 0 Å². The number of carbonyl (C=O) groups excluding carboxylic acids is 1. The highest BCUT2D eigenvalue weighted by Crippen LogP contribution is 2.45. The summed E-state index contributed by atoms with van der Waals surface area (Å²) in [7, 11) is 0. The van der Waals surface area contributed by atoms with Crippen molar-refractivity contribution in [3.05, 3.63) is 91.2 Å². The Kier molecular flexibility index (Phi) is 8.15. The molecule has 0 amide bonds. The molecule has 184 valence electrons. The standard InChI is InChI=1S/C25H22Cl3NO6/c1-12(2)35-25(34)19-13(3)29(11-14-8-15(26)10-16(27)9-14)22(24(32)33)21(23(30)31)20(19)17-6-4-5-7-18(17)28/h4-10,12,20H,11H2,1-3H3,(H,30,31)(H,32,33). The first-order chi connectivity index (χ1) is 16.4. The van der Waals surface area contributed by atoms with Gasteiger partial charge in [0, 0.05) is 27.3 Å². The van der Waals surface area contributed by atoms with E-state index in [1.54, 1.807) is 44.2 Å². The Balaban J connectivity index is 2.35. The van der Waals surface area contributed by atoms with E-state index in [1.165, 1.54) is 24.0 Å². The molecule has 0 spiro atoms. The lowest BCUT2D eigenvalue weighted by atomic mass is 9.79. The van der Waals surface area contributed by atoms with Crippen molar-refractivity contribution in [2.75, 3.05) is 0 Å². The van der Waals surface area contributed by atoms with Gasteiger partial charge in [0.25, 0.3) is 0 Å². The van der Waals surface area contributed by atoms with Crippen molar-refractivity contribution >= 4 is 52.7 Å². The van der Waals surface area contributed by atoms with Crippen molar-refractivity contribution in [3.8, 4) is 0 Å². The number of esters is 1. The van der Waals surface area contributed by atoms with Crippen molar-refractivity contribution in [3.63, 3.8) is 0 Å². The lowest BCUT2D eigenvalue weighted by Crippen LogP contribution is -2.38. The summed E-state index contributed by atoms with van der Waals surface area (Å²) in [6, 6.07) is 11.0. The van der Waals surface area contributed by atoms with Crippen LogP contribution in [0.25, 0.3) is 0 Å². The van der Waals surface area contributed by atoms with Gasteiger partial charge < -0.3 is 19.8 Å². The van der Waals surface area contributed by atoms with Crippen molar-refractivity contribution in [1.29, 1.82) is 0 Å². The molecule has 2 aromatic carbocycles. The lowest BCUT2D eigenvalue weighted by Gasteiger charge is -2.37. The topological polar surface area (TPSA) is 104 Å². The average molecular weight is 539 g/mol. The van der Waals surface area contributed by atoms with E-state index in [0.717, 1.165) is 0 Å². The number of benzene rings is 2. The van der Waals surface area contributed by atoms with Gasteiger partial charge in [-0.05, 0) is 56.2 Å². The van der Waals surface area contributed by atoms with Crippen LogP contribution < -0.4 is 0 Å². The molecular formula is C25H22Cl3NO6. The number of aliphatic carboxylic acids is 2. The highest BCUT2D eigenvalue weighted by molar-refractivity contribution is 6.34. The predicted octanol–water partition coefficient (Wildman–Crippen LogP) is 5.90. The first kappa shape index (κ1) is 26.6. The Labute approximate surface area is 217 Å². The maximum atomic E-state index is 13.3. The summed E-state index contributed by atoms with van der Waals surface area (Å²) in [5, 5.41) is 21.2. The lowest BCUT2D eigenvalue weighted by molar-refractivity contribution is -0.143. The van der Waals surface area contributed by atoms with E-state index in [1.807, 2.05) is 0 Å². The normalized spacial score (nSPS) is 16.1. The summed E-state index contributed by atoms with van der Waals surface area (Å²) in [5.41, 5.74) is -0.0533. The number of allylic oxidation sites excluding steroid dienone is 1. The van der Waals surface area contributed by atoms with Crippen LogP contribution in [-0.2, 0) is 25.7 Å². The Bertz CT molecular complexity index is 1250. The largest absolute Gasteiger partial charge is 0.478 e. The van der Waals surface area contributed by atoms with Crippen LogP contribution in [0, 0.1) is 0 Å². The Morgan fingerprint density at radius 1 is 0.971 bits per heavy atom. The molecule has 0 saturated heterocycles. The number of rotatable bonds is 7. The Morgan fingerprint density at radius 2 is 1.57 bits per heavy atom. The number of hydrogen-bond acceptors (Lipinski definition) is 5. The molecule has 35 heavy (non-hydrogen) atoms. The number of carboxylic acid groups (broad SMARTS) is 2. The van der Waals surface area contributed by atoms with E-state index in [9.17, 15) is 24.6 Å². The fourth-order valence-corrected chi connectivity index (χ4v) is 4.87. The summed E-state index contributed by atoms with van der Waals surface area (Å²) in [5.74, 6) is -5.05. The van der Waals surface area contributed by atoms with Gasteiger partial charge in [0.2, 0.25) is 0 Å². The van der Waals surface area contributed by atoms with Crippen LogP contribution in [0.5, 0.6) is 0 Å². The zero-order valence-corrected chi connectivity index (χ0v) is 21.3. The minimum atomic E-state index is -1.51. The van der Waals surface area contributed by atoms with Gasteiger partial charge in [-0.25, -0.2) is 14.4 Å². The van der Waals surface area contributed by atoms with E-state index in [2.05, 4.69) is 0 Å². The maximum Gasteiger partial charge on any atom is 0.353 e. The zero-order valence-electron chi connectivity index (χ0n) is 19.0. The highest BCUT2D eigenvalue weighted by atomic mass is 35.5. The Morgan fingerprint density at radius 3 is 2.09 bits per heavy atom. The fraction of sp³-hybridized carbons (Fsp3) is 0.240. The van der Waals surface area contributed by atoms with Crippen molar-refractivity contribution in [2.24, 2.45) is 0 Å². The molecule has 10 heteroatoms. The highest BCUT2D eigenvalue weighted by Gasteiger charge is 2.44. The van der Waals surface area contributed by atoms with Gasteiger partial charge in [-0.2, -0.15) is 0 Å². The molecule has 7 nitrogen and oxygen atoms in total. The number of hydrogen-bond donors (Lipinski definition) is 2. The Hall–Kier alpha value is -3.00. The van der Waals surface area contributed by atoms with Gasteiger partial charge in [0.15, 0.2) is 0 Å². The third-order valence-electron chi connectivity index (χ3n) is 5.37. The molecule has 1 aliphatic heterocycles. The summed E-state index contributed by atoms with van der Waals surface area (Å²) in [6.07, 6.45) is -0.506. The van der Waals surface area contributed by atoms with Crippen LogP contribution in [0.3, 0.4) is 0 Å². The van der Waals surface area contributed by atoms with E-state index in [4.69, 9.17) is 39.5 Å². The summed E-state index contributed by atoms with van der Waals surface area (Å²) in [4.78, 5) is 39.6. The first-order valence-corrected chi connectivity index (χ1v) is 11.6. The number of halogens is 3. The van der Waals surface area contributed by atoms with Crippen LogP contribution in [-0.4, -0.2) is 39.1 Å². The van der Waals surface area contributed by atoms with Gasteiger partial charge in [-0.3, -0.25) is 0 Å². The SMILES string of the molecule is CC1=C(C(=O)OC(C)C)C(c2ccccc2Cl)C(C(=O)O)=C(C(=O)O)N1Cc1cc(Cl)cc(Cl)c1. The van der Waals surface area contributed by atoms with Crippen LogP contribution >= 0.6 is 34.8 Å². The van der Waals surface area contributed by atoms with E-state index in [-0.39, 0.29) is 28.4 Å². The van der Waals surface area contributed by atoms with Crippen LogP contribution in [0.4, 0.5) is 0 Å². The molecule has 1 heterocycles. The summed E-state index contributed by atoms with van der Waals surface area (Å²) < 4.78 is 5.44. The van der Waals surface area contributed by atoms with Crippen LogP contribution in [0.15, 0.2) is 65.0 Å². The van der Waals surface area contributed by atoms with Crippen molar-refractivity contribution in [2.45, 2.75) is 39.3 Å². The third-order valence-corrected chi connectivity index (χ3v) is 6.15. The van der Waals surface area contributed by atoms with Crippen molar-refractivity contribution in [1.82, 2.24) is 4.90 Å². The number of nitrogens with zero attached hydrogens (tertiary/aromatic N) is 1. The smallest absolute Gasteiger partial charge is 0.353 e. The molecule has 2 aromatic rings. The van der Waals surface area contributed by atoms with E-state index >= 15 is 0 Å². The third kappa shape index (κ3) is 5.64. The van der Waals surface area contributed by atoms with Gasteiger partial charge >= 0.3 is 17.9 Å². The van der Waals surface area contributed by atoms with Gasteiger partial charge in [0.05, 0.1) is 23.2 Å². The van der Waals surface area contributed by atoms with Gasteiger partial charge in [0.1, 0.15) is 5.70 Å². The van der Waals surface area contributed by atoms with E-state index in [0.29, 0.717) is 15.6 Å². The van der Waals surface area contributed by atoms with E-state index < -0.39 is 41.2 Å². The molecule has 1 aliphatic rings. The molecule has 0 aromatic heterocycles. The van der Waals surface area contributed by atoms with Crippen LogP contribution in [0.2, 0.25) is 15.1 Å². The molecule has 2 N–H and O–H groups in total. The summed E-state index contributed by atoms with van der Waals surface area (Å²) in [6.45, 7) is 4.74. The number of carboxylic acids is 2. The predicted molar refractivity (Wildman–Crippen MR) is 132 cm³/mol. The monoisotopic (exact) mass is 537 g/mol. The number of carbonyl (C=O) groups is 3. The minimum absolute atomic E-state index is 0.0256. The molecular weight excluding hydrogens is 517 g/mol. The molecule has 1 atom stereocenters. The molecule has 0 fully saturated rings. The van der Waals surface area contributed by atoms with Gasteiger partial charge in [-0.1, -0.05) is 53.0 Å². The second-order valence-corrected chi connectivity index (χ2v) is 9.42. The second-order valence-electron chi connectivity index (χ2n) is 8.14. The first-order valence-electron chi connectivity index (χ1n) is 10.5. The molecule has 0 saturated carbocycles. The zero-order chi connectivity index (χ0) is 26.0. The quantitative estimate of drug-likeness (QED) is 0.423. The maximum absolute atomic E-state index is 13.3.